The molecule has 16 heavy (non-hydrogen) atoms. The number of thiol groups is 1. The predicted molar refractivity (Wildman–Crippen MR) is 70.5 cm³/mol. The van der Waals surface area contributed by atoms with Gasteiger partial charge in [-0.25, -0.2) is 4.68 Å². The highest BCUT2D eigenvalue weighted by Gasteiger charge is 2.17. The van der Waals surface area contributed by atoms with Gasteiger partial charge in [0.2, 0.25) is 0 Å². The normalized spacial score (nSPS) is 11.6. The quantitative estimate of drug-likeness (QED) is 0.807. The minimum atomic E-state index is -0.0685. The summed E-state index contributed by atoms with van der Waals surface area (Å²) >= 11 is 4.27. The molecule has 0 fully saturated rings. The van der Waals surface area contributed by atoms with Gasteiger partial charge in [0.15, 0.2) is 0 Å². The number of hydrogen-bond donors (Lipinski definition) is 1. The molecule has 0 N–H and O–H groups in total. The van der Waals surface area contributed by atoms with Crippen molar-refractivity contribution in [1.82, 2.24) is 9.78 Å². The molecule has 0 amide bonds. The summed E-state index contributed by atoms with van der Waals surface area (Å²) in [4.78, 5) is 13.7. The van der Waals surface area contributed by atoms with E-state index in [1.807, 2.05) is 19.0 Å². The first-order valence-electron chi connectivity index (χ1n) is 5.21. The van der Waals surface area contributed by atoms with E-state index in [2.05, 4.69) is 31.6 Å². The molecule has 0 radical (unpaired) electrons. The Hall–Kier alpha value is -0.970. The molecule has 4 nitrogen and oxygen atoms in total. The van der Waals surface area contributed by atoms with Crippen molar-refractivity contribution in [3.05, 3.63) is 22.6 Å². The highest BCUT2D eigenvalue weighted by molar-refractivity contribution is 7.80. The van der Waals surface area contributed by atoms with Crippen molar-refractivity contribution in [1.29, 1.82) is 0 Å². The van der Waals surface area contributed by atoms with E-state index in [-0.39, 0.29) is 11.0 Å². The van der Waals surface area contributed by atoms with Gasteiger partial charge >= 0.3 is 0 Å². The zero-order valence-electron chi connectivity index (χ0n) is 10.3. The Morgan fingerprint density at radius 1 is 1.50 bits per heavy atom. The third-order valence-electron chi connectivity index (χ3n) is 2.38. The number of aromatic nitrogens is 2. The van der Waals surface area contributed by atoms with Crippen LogP contribution in [0.1, 0.15) is 13.8 Å². The Morgan fingerprint density at radius 3 is 2.56 bits per heavy atom. The van der Waals surface area contributed by atoms with Crippen molar-refractivity contribution in [2.45, 2.75) is 20.4 Å². The zero-order chi connectivity index (χ0) is 12.3. The van der Waals surface area contributed by atoms with E-state index in [1.54, 1.807) is 12.3 Å². The van der Waals surface area contributed by atoms with E-state index in [1.165, 1.54) is 4.68 Å². The average molecular weight is 241 g/mol. The molecule has 90 valence electrons. The van der Waals surface area contributed by atoms with E-state index in [9.17, 15) is 4.79 Å². The lowest BCUT2D eigenvalue weighted by Crippen LogP contribution is -2.31. The molecule has 0 saturated heterocycles. The number of hydrogen-bond acceptors (Lipinski definition) is 4. The monoisotopic (exact) mass is 241 g/mol. The zero-order valence-corrected chi connectivity index (χ0v) is 11.2. The summed E-state index contributed by atoms with van der Waals surface area (Å²) in [6, 6.07) is 1.60. The average Bonchev–Trinajstić information content (AvgIpc) is 2.20. The second-order valence-electron chi connectivity index (χ2n) is 4.93. The standard InChI is InChI=1S/C11H19N3OS/c1-11(2,8-16)7-14-10(15)5-9(6-12-14)13(3)4/h5-6,16H,7-8H2,1-4H3. The lowest BCUT2D eigenvalue weighted by atomic mass is 9.97. The summed E-state index contributed by atoms with van der Waals surface area (Å²) in [5.41, 5.74) is 0.727. The first-order chi connectivity index (χ1) is 7.35. The lowest BCUT2D eigenvalue weighted by molar-refractivity contribution is 0.325. The van der Waals surface area contributed by atoms with E-state index in [4.69, 9.17) is 0 Å². The highest BCUT2D eigenvalue weighted by atomic mass is 32.1. The van der Waals surface area contributed by atoms with Crippen LogP contribution in [0.15, 0.2) is 17.1 Å². The molecule has 0 atom stereocenters. The van der Waals surface area contributed by atoms with Crippen LogP contribution in [0, 0.1) is 5.41 Å². The van der Waals surface area contributed by atoms with Crippen molar-refractivity contribution in [3.8, 4) is 0 Å². The number of anilines is 1. The maximum atomic E-state index is 11.8. The predicted octanol–water partition coefficient (Wildman–Crippen LogP) is 1.27. The molecule has 0 aliphatic carbocycles. The lowest BCUT2D eigenvalue weighted by Gasteiger charge is -2.22. The van der Waals surface area contributed by atoms with Crippen molar-refractivity contribution >= 4 is 18.3 Å². The Kier molecular flexibility index (Phi) is 4.02. The molecular formula is C11H19N3OS. The van der Waals surface area contributed by atoms with E-state index in [0.717, 1.165) is 11.4 Å². The summed E-state index contributed by atoms with van der Waals surface area (Å²) in [5.74, 6) is 0.719. The first kappa shape index (κ1) is 13.1. The second kappa shape index (κ2) is 4.91. The SMILES string of the molecule is CN(C)c1cnn(CC(C)(C)CS)c(=O)c1. The second-order valence-corrected chi connectivity index (χ2v) is 5.24. The minimum absolute atomic E-state index is 0.0282. The maximum absolute atomic E-state index is 11.8. The summed E-state index contributed by atoms with van der Waals surface area (Å²) in [5, 5.41) is 4.16. The molecule has 1 aromatic heterocycles. The molecule has 0 saturated carbocycles. The Bertz CT molecular complexity index is 412. The van der Waals surface area contributed by atoms with Gasteiger partial charge in [0.05, 0.1) is 18.4 Å². The van der Waals surface area contributed by atoms with E-state index < -0.39 is 0 Å². The molecule has 1 rings (SSSR count). The summed E-state index contributed by atoms with van der Waals surface area (Å²) in [6.45, 7) is 4.71. The Labute approximate surface area is 102 Å². The molecule has 0 aliphatic rings. The van der Waals surface area contributed by atoms with Crippen molar-refractivity contribution in [2.24, 2.45) is 5.41 Å². The maximum Gasteiger partial charge on any atom is 0.268 e. The van der Waals surface area contributed by atoms with Gasteiger partial charge in [-0.3, -0.25) is 4.79 Å². The fourth-order valence-corrected chi connectivity index (χ4v) is 1.34. The largest absolute Gasteiger partial charge is 0.376 e. The van der Waals surface area contributed by atoms with E-state index in [0.29, 0.717) is 6.54 Å². The topological polar surface area (TPSA) is 38.1 Å². The van der Waals surface area contributed by atoms with Crippen LogP contribution >= 0.6 is 12.6 Å². The van der Waals surface area contributed by atoms with Gasteiger partial charge in [0.25, 0.3) is 5.56 Å². The van der Waals surface area contributed by atoms with Crippen LogP contribution in [0.3, 0.4) is 0 Å². The molecule has 1 heterocycles. The van der Waals surface area contributed by atoms with Crippen molar-refractivity contribution in [2.75, 3.05) is 24.7 Å². The molecule has 0 aliphatic heterocycles. The molecule has 1 aromatic rings. The van der Waals surface area contributed by atoms with Gasteiger partial charge in [0, 0.05) is 20.2 Å². The van der Waals surface area contributed by atoms with Gasteiger partial charge in [0.1, 0.15) is 0 Å². The van der Waals surface area contributed by atoms with Gasteiger partial charge < -0.3 is 4.90 Å². The molecule has 0 unspecified atom stereocenters. The summed E-state index contributed by atoms with van der Waals surface area (Å²) < 4.78 is 1.49. The molecular weight excluding hydrogens is 222 g/mol. The van der Waals surface area contributed by atoms with Crippen LogP contribution < -0.4 is 10.5 Å². The van der Waals surface area contributed by atoms with Gasteiger partial charge in [-0.15, -0.1) is 0 Å². The molecule has 0 bridgehead atoms. The smallest absolute Gasteiger partial charge is 0.268 e. The molecule has 0 aromatic carbocycles. The van der Waals surface area contributed by atoms with Crippen LogP contribution in [-0.2, 0) is 6.54 Å². The van der Waals surface area contributed by atoms with Gasteiger partial charge in [-0.1, -0.05) is 13.8 Å². The third kappa shape index (κ3) is 3.27. The molecule has 0 spiro atoms. The van der Waals surface area contributed by atoms with E-state index >= 15 is 0 Å². The van der Waals surface area contributed by atoms with Gasteiger partial charge in [-0.2, -0.15) is 17.7 Å². The highest BCUT2D eigenvalue weighted by Crippen LogP contribution is 2.18. The minimum Gasteiger partial charge on any atom is -0.376 e. The first-order valence-corrected chi connectivity index (χ1v) is 5.84. The molecule has 5 heteroatoms. The van der Waals surface area contributed by atoms with Crippen LogP contribution in [-0.4, -0.2) is 29.6 Å². The van der Waals surface area contributed by atoms with Crippen LogP contribution in [0.5, 0.6) is 0 Å². The number of rotatable bonds is 4. The van der Waals surface area contributed by atoms with Crippen LogP contribution in [0.2, 0.25) is 0 Å². The van der Waals surface area contributed by atoms with Crippen molar-refractivity contribution in [3.63, 3.8) is 0 Å². The summed E-state index contributed by atoms with van der Waals surface area (Å²) in [6.07, 6.45) is 1.70. The summed E-state index contributed by atoms with van der Waals surface area (Å²) in [7, 11) is 3.77. The number of nitrogens with zero attached hydrogens (tertiary/aromatic N) is 3. The van der Waals surface area contributed by atoms with Gasteiger partial charge in [-0.05, 0) is 11.2 Å². The van der Waals surface area contributed by atoms with Crippen molar-refractivity contribution < 1.29 is 0 Å². The fourth-order valence-electron chi connectivity index (χ4n) is 1.24. The fraction of sp³-hybridized carbons (Fsp3) is 0.636. The third-order valence-corrected chi connectivity index (χ3v) is 3.23. The van der Waals surface area contributed by atoms with Crippen LogP contribution in [0.25, 0.3) is 0 Å². The Balaban J connectivity index is 2.96. The van der Waals surface area contributed by atoms with Crippen LogP contribution in [0.4, 0.5) is 5.69 Å². The Morgan fingerprint density at radius 2 is 2.12 bits per heavy atom.